The molecule has 106 valence electrons. The molecule has 1 aromatic carbocycles. The van der Waals surface area contributed by atoms with Crippen LogP contribution in [-0.4, -0.2) is 24.1 Å². The Kier molecular flexibility index (Phi) is 6.38. The second kappa shape index (κ2) is 7.81. The van der Waals surface area contributed by atoms with Crippen LogP contribution < -0.4 is 5.32 Å². The standard InChI is InChI=1S/C13H19FN2O3/c1-10(2)15-7-4-8-19-9-11-5-3-6-12(13(11)14)16(17)18/h3,5-6,10,15H,4,7-9H2,1-2H3. The number of rotatable bonds is 8. The molecule has 1 rings (SSSR count). The third kappa shape index (κ3) is 5.32. The van der Waals surface area contributed by atoms with Crippen molar-refractivity contribution in [3.8, 4) is 0 Å². The minimum atomic E-state index is -0.812. The Morgan fingerprint density at radius 1 is 1.47 bits per heavy atom. The van der Waals surface area contributed by atoms with E-state index >= 15 is 0 Å². The van der Waals surface area contributed by atoms with E-state index in [9.17, 15) is 14.5 Å². The van der Waals surface area contributed by atoms with Gasteiger partial charge in [-0.1, -0.05) is 26.0 Å². The molecule has 0 aliphatic carbocycles. The van der Waals surface area contributed by atoms with Crippen LogP contribution in [0.3, 0.4) is 0 Å². The van der Waals surface area contributed by atoms with Crippen LogP contribution in [0.1, 0.15) is 25.8 Å². The summed E-state index contributed by atoms with van der Waals surface area (Å²) in [5, 5.41) is 13.8. The van der Waals surface area contributed by atoms with Gasteiger partial charge in [0.25, 0.3) is 0 Å². The third-order valence-electron chi connectivity index (χ3n) is 2.53. The van der Waals surface area contributed by atoms with Gasteiger partial charge in [-0.3, -0.25) is 10.1 Å². The molecule has 6 heteroatoms. The Balaban J connectivity index is 2.37. The molecule has 0 bridgehead atoms. The van der Waals surface area contributed by atoms with Crippen molar-refractivity contribution >= 4 is 5.69 Å². The van der Waals surface area contributed by atoms with Gasteiger partial charge in [-0.05, 0) is 13.0 Å². The molecule has 0 radical (unpaired) electrons. The summed E-state index contributed by atoms with van der Waals surface area (Å²) < 4.78 is 19.0. The number of ether oxygens (including phenoxy) is 1. The van der Waals surface area contributed by atoms with Crippen LogP contribution in [0, 0.1) is 15.9 Å². The maximum atomic E-state index is 13.7. The van der Waals surface area contributed by atoms with Crippen LogP contribution in [-0.2, 0) is 11.3 Å². The van der Waals surface area contributed by atoms with Crippen molar-refractivity contribution in [1.29, 1.82) is 0 Å². The number of nitro benzene ring substituents is 1. The Hall–Kier alpha value is -1.53. The van der Waals surface area contributed by atoms with Crippen LogP contribution in [0.2, 0.25) is 0 Å². The van der Waals surface area contributed by atoms with Crippen molar-refractivity contribution in [2.45, 2.75) is 32.9 Å². The molecule has 0 atom stereocenters. The van der Waals surface area contributed by atoms with E-state index in [0.29, 0.717) is 12.6 Å². The van der Waals surface area contributed by atoms with Gasteiger partial charge < -0.3 is 10.1 Å². The normalized spacial score (nSPS) is 10.9. The lowest BCUT2D eigenvalue weighted by molar-refractivity contribution is -0.387. The average molecular weight is 270 g/mol. The second-order valence-electron chi connectivity index (χ2n) is 4.52. The fraction of sp³-hybridized carbons (Fsp3) is 0.538. The van der Waals surface area contributed by atoms with Crippen LogP contribution >= 0.6 is 0 Å². The van der Waals surface area contributed by atoms with E-state index in [1.807, 2.05) is 0 Å². The smallest absolute Gasteiger partial charge is 0.305 e. The van der Waals surface area contributed by atoms with E-state index in [1.54, 1.807) is 0 Å². The lowest BCUT2D eigenvalue weighted by Crippen LogP contribution is -2.24. The summed E-state index contributed by atoms with van der Waals surface area (Å²) in [5.74, 6) is -0.812. The first-order valence-electron chi connectivity index (χ1n) is 6.25. The molecule has 1 aromatic rings. The number of nitrogens with one attached hydrogen (secondary N) is 1. The van der Waals surface area contributed by atoms with Gasteiger partial charge in [0.15, 0.2) is 0 Å². The lowest BCUT2D eigenvalue weighted by Gasteiger charge is -2.08. The van der Waals surface area contributed by atoms with E-state index in [1.165, 1.54) is 12.1 Å². The van der Waals surface area contributed by atoms with E-state index in [2.05, 4.69) is 19.2 Å². The van der Waals surface area contributed by atoms with Gasteiger partial charge in [0, 0.05) is 24.3 Å². The summed E-state index contributed by atoms with van der Waals surface area (Å²) in [6, 6.07) is 4.52. The fourth-order valence-electron chi connectivity index (χ4n) is 1.57. The molecule has 0 aliphatic rings. The highest BCUT2D eigenvalue weighted by Gasteiger charge is 2.16. The highest BCUT2D eigenvalue weighted by molar-refractivity contribution is 5.36. The number of halogens is 1. The van der Waals surface area contributed by atoms with Crippen molar-refractivity contribution in [3.63, 3.8) is 0 Å². The number of nitro groups is 1. The molecular weight excluding hydrogens is 251 g/mol. The maximum Gasteiger partial charge on any atom is 0.305 e. The van der Waals surface area contributed by atoms with Crippen molar-refractivity contribution in [1.82, 2.24) is 5.32 Å². The molecule has 5 nitrogen and oxygen atoms in total. The predicted octanol–water partition coefficient (Wildman–Crippen LogP) is 2.64. The number of hydrogen-bond acceptors (Lipinski definition) is 4. The Morgan fingerprint density at radius 3 is 2.84 bits per heavy atom. The molecule has 19 heavy (non-hydrogen) atoms. The van der Waals surface area contributed by atoms with Gasteiger partial charge in [-0.25, -0.2) is 0 Å². The van der Waals surface area contributed by atoms with Crippen molar-refractivity contribution in [2.24, 2.45) is 0 Å². The topological polar surface area (TPSA) is 64.4 Å². The van der Waals surface area contributed by atoms with Gasteiger partial charge in [0.1, 0.15) is 0 Å². The largest absolute Gasteiger partial charge is 0.377 e. The molecule has 0 spiro atoms. The van der Waals surface area contributed by atoms with Crippen molar-refractivity contribution in [2.75, 3.05) is 13.2 Å². The summed E-state index contributed by atoms with van der Waals surface area (Å²) in [6.07, 6.45) is 0.814. The highest BCUT2D eigenvalue weighted by Crippen LogP contribution is 2.20. The minimum Gasteiger partial charge on any atom is -0.377 e. The first-order valence-corrected chi connectivity index (χ1v) is 6.25. The zero-order valence-corrected chi connectivity index (χ0v) is 11.2. The van der Waals surface area contributed by atoms with Crippen LogP contribution in [0.4, 0.5) is 10.1 Å². The molecule has 0 unspecified atom stereocenters. The zero-order chi connectivity index (χ0) is 14.3. The van der Waals surface area contributed by atoms with E-state index in [0.717, 1.165) is 19.0 Å². The average Bonchev–Trinajstić information content (AvgIpc) is 2.34. The first kappa shape index (κ1) is 15.5. The van der Waals surface area contributed by atoms with Crippen LogP contribution in [0.25, 0.3) is 0 Å². The van der Waals surface area contributed by atoms with Crippen molar-refractivity contribution < 1.29 is 14.1 Å². The van der Waals surface area contributed by atoms with Gasteiger partial charge in [0.05, 0.1) is 11.5 Å². The molecular formula is C13H19FN2O3. The predicted molar refractivity (Wildman–Crippen MR) is 70.5 cm³/mol. The summed E-state index contributed by atoms with van der Waals surface area (Å²) >= 11 is 0. The maximum absolute atomic E-state index is 13.7. The van der Waals surface area contributed by atoms with Crippen LogP contribution in [0.5, 0.6) is 0 Å². The molecule has 0 amide bonds. The summed E-state index contributed by atoms with van der Waals surface area (Å²) in [6.45, 7) is 5.48. The number of benzene rings is 1. The fourth-order valence-corrected chi connectivity index (χ4v) is 1.57. The molecule has 0 heterocycles. The van der Waals surface area contributed by atoms with Gasteiger partial charge in [0.2, 0.25) is 5.82 Å². The summed E-state index contributed by atoms with van der Waals surface area (Å²) in [7, 11) is 0. The van der Waals surface area contributed by atoms with Gasteiger partial charge in [-0.2, -0.15) is 4.39 Å². The summed E-state index contributed by atoms with van der Waals surface area (Å²) in [5.41, 5.74) is -0.298. The highest BCUT2D eigenvalue weighted by atomic mass is 19.1. The molecule has 1 N–H and O–H groups in total. The Morgan fingerprint density at radius 2 is 2.21 bits per heavy atom. The Labute approximate surface area is 111 Å². The van der Waals surface area contributed by atoms with E-state index in [4.69, 9.17) is 4.74 Å². The monoisotopic (exact) mass is 270 g/mol. The molecule has 0 aromatic heterocycles. The molecule has 0 fully saturated rings. The van der Waals surface area contributed by atoms with E-state index < -0.39 is 16.4 Å². The van der Waals surface area contributed by atoms with Gasteiger partial charge in [-0.15, -0.1) is 0 Å². The first-order chi connectivity index (χ1) is 9.02. The molecule has 0 aliphatic heterocycles. The summed E-state index contributed by atoms with van der Waals surface area (Å²) in [4.78, 5) is 9.84. The third-order valence-corrected chi connectivity index (χ3v) is 2.53. The number of hydrogen-bond donors (Lipinski definition) is 1. The SMILES string of the molecule is CC(C)NCCCOCc1cccc([N+](=O)[O-])c1F. The quantitative estimate of drug-likeness (QED) is 0.448. The minimum absolute atomic E-state index is 0.0508. The molecule has 0 saturated heterocycles. The van der Waals surface area contributed by atoms with E-state index in [-0.39, 0.29) is 12.2 Å². The number of nitrogens with zero attached hydrogens (tertiary/aromatic N) is 1. The van der Waals surface area contributed by atoms with Crippen LogP contribution in [0.15, 0.2) is 18.2 Å². The second-order valence-corrected chi connectivity index (χ2v) is 4.52. The zero-order valence-electron chi connectivity index (χ0n) is 11.2. The molecule has 0 saturated carbocycles. The van der Waals surface area contributed by atoms with Crippen molar-refractivity contribution in [3.05, 3.63) is 39.7 Å². The van der Waals surface area contributed by atoms with Gasteiger partial charge >= 0.3 is 5.69 Å². The lowest BCUT2D eigenvalue weighted by atomic mass is 10.2. The Bertz CT molecular complexity index is 424.